The summed E-state index contributed by atoms with van der Waals surface area (Å²) in [6.45, 7) is 0.566. The number of carboxylic acids is 1. The number of carbonyl (C=O) groups is 2. The lowest BCUT2D eigenvalue weighted by molar-refractivity contribution is -0.154. The smallest absolute Gasteiger partial charge is 0.326 e. The highest BCUT2D eigenvalue weighted by Gasteiger charge is 2.38. The van der Waals surface area contributed by atoms with Crippen LogP contribution in [-0.4, -0.2) is 41.6 Å². The van der Waals surface area contributed by atoms with E-state index in [2.05, 4.69) is 0 Å². The molecule has 140 valence electrons. The van der Waals surface area contributed by atoms with Crippen molar-refractivity contribution in [2.75, 3.05) is 13.7 Å². The van der Waals surface area contributed by atoms with Crippen molar-refractivity contribution in [1.29, 1.82) is 0 Å². The minimum Gasteiger partial charge on any atom is -0.497 e. The van der Waals surface area contributed by atoms with Crippen LogP contribution in [0.4, 0.5) is 0 Å². The molecule has 2 aromatic carbocycles. The zero-order valence-electron chi connectivity index (χ0n) is 15.1. The Labute approximate surface area is 157 Å². The summed E-state index contributed by atoms with van der Waals surface area (Å²) in [4.78, 5) is 26.5. The maximum absolute atomic E-state index is 13.2. The monoisotopic (exact) mass is 367 g/mol. The van der Waals surface area contributed by atoms with E-state index in [9.17, 15) is 14.7 Å². The van der Waals surface area contributed by atoms with Crippen molar-refractivity contribution >= 4 is 11.9 Å². The second-order valence-corrected chi connectivity index (χ2v) is 6.98. The molecule has 4 rings (SSSR count). The van der Waals surface area contributed by atoms with E-state index in [4.69, 9.17) is 9.47 Å². The summed E-state index contributed by atoms with van der Waals surface area (Å²) < 4.78 is 11.0. The van der Waals surface area contributed by atoms with Gasteiger partial charge in [-0.2, -0.15) is 0 Å². The second-order valence-electron chi connectivity index (χ2n) is 6.98. The summed E-state index contributed by atoms with van der Waals surface area (Å²) in [6.07, 6.45) is 0.838. The first-order valence-corrected chi connectivity index (χ1v) is 8.96. The van der Waals surface area contributed by atoms with Crippen molar-refractivity contribution in [3.8, 4) is 11.5 Å². The van der Waals surface area contributed by atoms with Gasteiger partial charge in [-0.05, 0) is 41.3 Å². The number of amides is 1. The van der Waals surface area contributed by atoms with Gasteiger partial charge < -0.3 is 19.5 Å². The Balaban J connectivity index is 1.59. The highest BCUT2D eigenvalue weighted by Crippen LogP contribution is 2.33. The van der Waals surface area contributed by atoms with Crippen LogP contribution in [-0.2, 0) is 29.0 Å². The number of hydrogen-bond acceptors (Lipinski definition) is 4. The summed E-state index contributed by atoms with van der Waals surface area (Å²) in [7, 11) is 1.59. The van der Waals surface area contributed by atoms with Gasteiger partial charge in [-0.1, -0.05) is 24.3 Å². The largest absolute Gasteiger partial charge is 0.497 e. The first-order valence-electron chi connectivity index (χ1n) is 8.96. The fourth-order valence-corrected chi connectivity index (χ4v) is 3.87. The van der Waals surface area contributed by atoms with Crippen LogP contribution in [0.5, 0.6) is 11.5 Å². The summed E-state index contributed by atoms with van der Waals surface area (Å²) in [5.74, 6) is -0.0990. The van der Waals surface area contributed by atoms with Gasteiger partial charge >= 0.3 is 5.97 Å². The number of ether oxygens (including phenoxy) is 2. The zero-order valence-corrected chi connectivity index (χ0v) is 15.1. The molecule has 0 fully saturated rings. The quantitative estimate of drug-likeness (QED) is 0.901. The van der Waals surface area contributed by atoms with Crippen molar-refractivity contribution in [3.05, 3.63) is 59.2 Å². The van der Waals surface area contributed by atoms with Crippen molar-refractivity contribution in [3.63, 3.8) is 0 Å². The molecule has 2 aliphatic heterocycles. The molecule has 0 saturated carbocycles. The predicted molar refractivity (Wildman–Crippen MR) is 97.8 cm³/mol. The van der Waals surface area contributed by atoms with Crippen LogP contribution < -0.4 is 9.47 Å². The first-order chi connectivity index (χ1) is 13.1. The molecule has 2 heterocycles. The van der Waals surface area contributed by atoms with Crippen molar-refractivity contribution in [1.82, 2.24) is 4.90 Å². The summed E-state index contributed by atoms with van der Waals surface area (Å²) in [5.41, 5.74) is 2.90. The Hall–Kier alpha value is -3.02. The number of aliphatic carboxylic acids is 1. The Morgan fingerprint density at radius 1 is 1.11 bits per heavy atom. The minimum absolute atomic E-state index is 0.176. The van der Waals surface area contributed by atoms with Gasteiger partial charge in [0.25, 0.3) is 0 Å². The third-order valence-electron chi connectivity index (χ3n) is 5.34. The molecule has 0 bridgehead atoms. The van der Waals surface area contributed by atoms with E-state index in [-0.39, 0.29) is 12.5 Å². The highest BCUT2D eigenvalue weighted by atomic mass is 16.5. The number of carboxylic acid groups (broad SMARTS) is 1. The average Bonchev–Trinajstić information content (AvgIpc) is 2.71. The maximum atomic E-state index is 13.2. The van der Waals surface area contributed by atoms with E-state index in [1.54, 1.807) is 7.11 Å². The van der Waals surface area contributed by atoms with Crippen LogP contribution in [0.3, 0.4) is 0 Å². The standard InChI is InChI=1S/C21H21NO5/c1-26-17-6-7-19-15(9-17)8-16(12-27-19)20(23)22-11-14-5-3-2-4-13(14)10-18(22)21(24)25/h2-7,9,16,18H,8,10-12H2,1H3,(H,24,25). The predicted octanol–water partition coefficient (Wildman–Crippen LogP) is 2.28. The molecule has 6 nitrogen and oxygen atoms in total. The lowest BCUT2D eigenvalue weighted by Gasteiger charge is -2.37. The number of hydrogen-bond donors (Lipinski definition) is 1. The fourth-order valence-electron chi connectivity index (χ4n) is 3.87. The van der Waals surface area contributed by atoms with E-state index in [1.807, 2.05) is 42.5 Å². The van der Waals surface area contributed by atoms with Crippen LogP contribution in [0, 0.1) is 5.92 Å². The van der Waals surface area contributed by atoms with Gasteiger partial charge in [-0.25, -0.2) is 4.79 Å². The fraction of sp³-hybridized carbons (Fsp3) is 0.333. The normalized spacial score (nSPS) is 20.9. The van der Waals surface area contributed by atoms with Crippen LogP contribution in [0.25, 0.3) is 0 Å². The average molecular weight is 367 g/mol. The maximum Gasteiger partial charge on any atom is 0.326 e. The van der Waals surface area contributed by atoms with Crippen LogP contribution in [0.1, 0.15) is 16.7 Å². The molecule has 27 heavy (non-hydrogen) atoms. The third kappa shape index (κ3) is 3.23. The Morgan fingerprint density at radius 2 is 1.89 bits per heavy atom. The molecule has 1 N–H and O–H groups in total. The molecule has 0 aliphatic carbocycles. The Kier molecular flexibility index (Phi) is 4.48. The molecule has 0 radical (unpaired) electrons. The number of fused-ring (bicyclic) bond motifs is 2. The van der Waals surface area contributed by atoms with E-state index in [0.29, 0.717) is 25.1 Å². The topological polar surface area (TPSA) is 76.1 Å². The van der Waals surface area contributed by atoms with Gasteiger partial charge in [-0.3, -0.25) is 4.79 Å². The number of rotatable bonds is 3. The summed E-state index contributed by atoms with van der Waals surface area (Å²) in [6, 6.07) is 12.4. The Bertz CT molecular complexity index is 894. The second kappa shape index (κ2) is 6.95. The van der Waals surface area contributed by atoms with Gasteiger partial charge in [0.15, 0.2) is 0 Å². The van der Waals surface area contributed by atoms with Crippen molar-refractivity contribution in [2.45, 2.75) is 25.4 Å². The van der Waals surface area contributed by atoms with Crippen LogP contribution >= 0.6 is 0 Å². The van der Waals surface area contributed by atoms with Gasteiger partial charge in [0.2, 0.25) is 5.91 Å². The molecule has 0 saturated heterocycles. The molecule has 2 aliphatic rings. The number of nitrogens with zero attached hydrogens (tertiary/aromatic N) is 1. The Morgan fingerprint density at radius 3 is 2.63 bits per heavy atom. The summed E-state index contributed by atoms with van der Waals surface area (Å²) >= 11 is 0. The summed E-state index contributed by atoms with van der Waals surface area (Å²) in [5, 5.41) is 9.67. The molecule has 2 aromatic rings. The van der Waals surface area contributed by atoms with Crippen molar-refractivity contribution < 1.29 is 24.2 Å². The SMILES string of the molecule is COc1ccc2c(c1)CC(C(=O)N1Cc3ccccc3CC1C(=O)O)CO2. The first kappa shape index (κ1) is 17.4. The third-order valence-corrected chi connectivity index (χ3v) is 5.34. The zero-order chi connectivity index (χ0) is 19.0. The van der Waals surface area contributed by atoms with Gasteiger partial charge in [-0.15, -0.1) is 0 Å². The molecular formula is C21H21NO5. The van der Waals surface area contributed by atoms with Crippen molar-refractivity contribution in [2.24, 2.45) is 5.92 Å². The molecular weight excluding hydrogens is 346 g/mol. The van der Waals surface area contributed by atoms with E-state index < -0.39 is 17.9 Å². The van der Waals surface area contributed by atoms with Gasteiger partial charge in [0.05, 0.1) is 13.0 Å². The molecule has 2 unspecified atom stereocenters. The highest BCUT2D eigenvalue weighted by molar-refractivity contribution is 5.86. The molecule has 0 spiro atoms. The van der Waals surface area contributed by atoms with E-state index >= 15 is 0 Å². The minimum atomic E-state index is -0.975. The van der Waals surface area contributed by atoms with Gasteiger partial charge in [0, 0.05) is 13.0 Å². The lowest BCUT2D eigenvalue weighted by atomic mass is 9.90. The number of benzene rings is 2. The molecule has 1 amide bonds. The molecule has 2 atom stereocenters. The van der Waals surface area contributed by atoms with Crippen LogP contribution in [0.15, 0.2) is 42.5 Å². The number of methoxy groups -OCH3 is 1. The van der Waals surface area contributed by atoms with Gasteiger partial charge in [0.1, 0.15) is 24.1 Å². The number of carbonyl (C=O) groups excluding carboxylic acids is 1. The van der Waals surface area contributed by atoms with E-state index in [0.717, 1.165) is 22.4 Å². The molecule has 0 aromatic heterocycles. The van der Waals surface area contributed by atoms with Crippen LogP contribution in [0.2, 0.25) is 0 Å². The molecule has 6 heteroatoms. The lowest BCUT2D eigenvalue weighted by Crippen LogP contribution is -2.52. The van der Waals surface area contributed by atoms with E-state index in [1.165, 1.54) is 4.90 Å².